The molecule has 1 aliphatic rings. The Labute approximate surface area is 147 Å². The Morgan fingerprint density at radius 2 is 1.92 bits per heavy atom. The van der Waals surface area contributed by atoms with Crippen molar-refractivity contribution in [2.24, 2.45) is 13.0 Å². The number of nitrogens with zero attached hydrogens (tertiary/aromatic N) is 5. The van der Waals surface area contributed by atoms with Crippen LogP contribution in [0.3, 0.4) is 0 Å². The van der Waals surface area contributed by atoms with Gasteiger partial charge in [-0.1, -0.05) is 0 Å². The summed E-state index contributed by atoms with van der Waals surface area (Å²) in [6, 6.07) is 1.90. The van der Waals surface area contributed by atoms with E-state index in [2.05, 4.69) is 14.9 Å². The van der Waals surface area contributed by atoms with Gasteiger partial charge in [0.15, 0.2) is 0 Å². The van der Waals surface area contributed by atoms with E-state index < -0.39 is 0 Å². The van der Waals surface area contributed by atoms with Crippen molar-refractivity contribution in [3.8, 4) is 0 Å². The van der Waals surface area contributed by atoms with Crippen molar-refractivity contribution < 1.29 is 0 Å². The first-order valence-corrected chi connectivity index (χ1v) is 8.71. The van der Waals surface area contributed by atoms with Crippen molar-refractivity contribution in [2.75, 3.05) is 13.1 Å². The maximum Gasteiger partial charge on any atom is 0.347 e. The second kappa shape index (κ2) is 7.31. The topological polar surface area (TPSA) is 73.0 Å². The highest BCUT2D eigenvalue weighted by atomic mass is 16.1. The van der Waals surface area contributed by atoms with Crippen LogP contribution < -0.4 is 11.2 Å². The van der Waals surface area contributed by atoms with E-state index in [0.717, 1.165) is 49.4 Å². The van der Waals surface area contributed by atoms with Crippen molar-refractivity contribution in [1.82, 2.24) is 24.0 Å². The van der Waals surface area contributed by atoms with E-state index in [1.807, 2.05) is 19.9 Å². The van der Waals surface area contributed by atoms with Crippen molar-refractivity contribution >= 4 is 0 Å². The summed E-state index contributed by atoms with van der Waals surface area (Å²) in [5, 5.41) is 0. The molecule has 0 spiro atoms. The predicted molar refractivity (Wildman–Crippen MR) is 95.5 cm³/mol. The number of piperidine rings is 1. The van der Waals surface area contributed by atoms with Crippen LogP contribution in [0.4, 0.5) is 0 Å². The number of rotatable bonds is 4. The fraction of sp³-hybridized carbons (Fsp3) is 0.556. The number of aromatic nitrogens is 4. The Bertz CT molecular complexity index is 863. The van der Waals surface area contributed by atoms with E-state index in [9.17, 15) is 9.59 Å². The zero-order chi connectivity index (χ0) is 18.0. The molecule has 25 heavy (non-hydrogen) atoms. The van der Waals surface area contributed by atoms with Gasteiger partial charge in [-0.3, -0.25) is 14.3 Å². The lowest BCUT2D eigenvalue weighted by Gasteiger charge is -2.31. The van der Waals surface area contributed by atoms with Gasteiger partial charge >= 0.3 is 5.69 Å². The second-order valence-electron chi connectivity index (χ2n) is 6.94. The van der Waals surface area contributed by atoms with E-state index in [4.69, 9.17) is 0 Å². The largest absolute Gasteiger partial charge is 0.347 e. The molecule has 2 aromatic rings. The molecule has 0 aromatic carbocycles. The summed E-state index contributed by atoms with van der Waals surface area (Å²) in [5.74, 6) is 0.481. The minimum Gasteiger partial charge on any atom is -0.302 e. The first-order valence-electron chi connectivity index (χ1n) is 8.71. The lowest BCUT2D eigenvalue weighted by molar-refractivity contribution is 0.164. The maximum absolute atomic E-state index is 12.3. The van der Waals surface area contributed by atoms with Crippen LogP contribution in [0.2, 0.25) is 0 Å². The van der Waals surface area contributed by atoms with Gasteiger partial charge in [0.05, 0.1) is 12.0 Å². The van der Waals surface area contributed by atoms with Crippen LogP contribution in [0.25, 0.3) is 0 Å². The molecule has 134 valence electrons. The van der Waals surface area contributed by atoms with Gasteiger partial charge in [-0.2, -0.15) is 4.98 Å². The van der Waals surface area contributed by atoms with Crippen molar-refractivity contribution in [3.63, 3.8) is 0 Å². The molecule has 0 unspecified atom stereocenters. The Kier molecular flexibility index (Phi) is 5.13. The van der Waals surface area contributed by atoms with Crippen LogP contribution in [-0.2, 0) is 20.1 Å². The van der Waals surface area contributed by atoms with Gasteiger partial charge in [0.25, 0.3) is 5.56 Å². The number of likely N-dealkylation sites (tertiary alicyclic amines) is 1. The molecule has 1 saturated heterocycles. The summed E-state index contributed by atoms with van der Waals surface area (Å²) < 4.78 is 3.22. The Morgan fingerprint density at radius 3 is 2.60 bits per heavy atom. The van der Waals surface area contributed by atoms with Crippen LogP contribution in [0.1, 0.15) is 29.8 Å². The van der Waals surface area contributed by atoms with E-state index in [0.29, 0.717) is 12.5 Å². The van der Waals surface area contributed by atoms with Gasteiger partial charge in [0.1, 0.15) is 0 Å². The van der Waals surface area contributed by atoms with Crippen molar-refractivity contribution in [2.45, 2.75) is 39.8 Å². The molecule has 0 atom stereocenters. The quantitative estimate of drug-likeness (QED) is 0.823. The molecule has 7 nitrogen and oxygen atoms in total. The fourth-order valence-corrected chi connectivity index (χ4v) is 3.23. The van der Waals surface area contributed by atoms with Crippen molar-refractivity contribution in [3.05, 3.63) is 56.4 Å². The highest BCUT2D eigenvalue weighted by molar-refractivity contribution is 5.12. The minimum atomic E-state index is -0.214. The predicted octanol–water partition coefficient (Wildman–Crippen LogP) is 0.866. The molecule has 0 N–H and O–H groups in total. The van der Waals surface area contributed by atoms with Crippen LogP contribution in [-0.4, -0.2) is 37.1 Å². The molecule has 0 saturated carbocycles. The molecular formula is C18H25N5O2. The standard InChI is InChI=1S/C18H25N5O2/c1-13-14(2)19-12-23(17(13)24)10-15-4-8-22(9-5-15)11-16-6-7-21(3)18(25)20-16/h6-7,12,15H,4-5,8-11H2,1-3H3. The Balaban J connectivity index is 1.57. The van der Waals surface area contributed by atoms with E-state index in [1.165, 1.54) is 4.57 Å². The van der Waals surface area contributed by atoms with E-state index >= 15 is 0 Å². The molecule has 2 aromatic heterocycles. The van der Waals surface area contributed by atoms with Crippen molar-refractivity contribution in [1.29, 1.82) is 0 Å². The summed E-state index contributed by atoms with van der Waals surface area (Å²) in [5.41, 5.74) is 2.21. The van der Waals surface area contributed by atoms with Gasteiger partial charge in [0.2, 0.25) is 0 Å². The lowest BCUT2D eigenvalue weighted by atomic mass is 9.96. The second-order valence-corrected chi connectivity index (χ2v) is 6.94. The van der Waals surface area contributed by atoms with Crippen LogP contribution in [0.5, 0.6) is 0 Å². The summed E-state index contributed by atoms with van der Waals surface area (Å²) in [4.78, 5) is 34.6. The SMILES string of the molecule is Cc1ncn(CC2CCN(Cc3ccn(C)c(=O)n3)CC2)c(=O)c1C. The summed E-state index contributed by atoms with van der Waals surface area (Å²) in [6.45, 7) is 7.04. The molecule has 0 radical (unpaired) electrons. The molecule has 1 aliphatic heterocycles. The fourth-order valence-electron chi connectivity index (χ4n) is 3.23. The third kappa shape index (κ3) is 4.04. The number of aryl methyl sites for hydroxylation is 2. The highest BCUT2D eigenvalue weighted by Crippen LogP contribution is 2.19. The summed E-state index contributed by atoms with van der Waals surface area (Å²) >= 11 is 0. The molecule has 7 heteroatoms. The first-order chi connectivity index (χ1) is 11.9. The molecule has 0 bridgehead atoms. The normalized spacial score (nSPS) is 16.3. The highest BCUT2D eigenvalue weighted by Gasteiger charge is 2.21. The lowest BCUT2D eigenvalue weighted by Crippen LogP contribution is -2.37. The van der Waals surface area contributed by atoms with Gasteiger partial charge in [0, 0.05) is 37.6 Å². The molecule has 1 fully saturated rings. The molecule has 3 heterocycles. The van der Waals surface area contributed by atoms with Gasteiger partial charge < -0.3 is 4.57 Å². The van der Waals surface area contributed by atoms with Crippen LogP contribution in [0.15, 0.2) is 28.2 Å². The Hall–Kier alpha value is -2.28. The number of hydrogen-bond donors (Lipinski definition) is 0. The van der Waals surface area contributed by atoms with Gasteiger partial charge in [-0.05, 0) is 51.8 Å². The zero-order valence-electron chi connectivity index (χ0n) is 15.1. The summed E-state index contributed by atoms with van der Waals surface area (Å²) in [6.07, 6.45) is 5.49. The average molecular weight is 343 g/mol. The minimum absolute atomic E-state index is 0.0688. The smallest absolute Gasteiger partial charge is 0.302 e. The molecule has 0 amide bonds. The molecule has 3 rings (SSSR count). The molecular weight excluding hydrogens is 318 g/mol. The first kappa shape index (κ1) is 17.5. The zero-order valence-corrected chi connectivity index (χ0v) is 15.1. The van der Waals surface area contributed by atoms with E-state index in [1.54, 1.807) is 24.1 Å². The molecule has 0 aliphatic carbocycles. The van der Waals surface area contributed by atoms with Gasteiger partial charge in [-0.15, -0.1) is 0 Å². The summed E-state index contributed by atoms with van der Waals surface area (Å²) in [7, 11) is 1.70. The monoisotopic (exact) mass is 343 g/mol. The third-order valence-electron chi connectivity index (χ3n) is 5.09. The number of hydrogen-bond acceptors (Lipinski definition) is 5. The Morgan fingerprint density at radius 1 is 1.20 bits per heavy atom. The average Bonchev–Trinajstić information content (AvgIpc) is 2.60. The van der Waals surface area contributed by atoms with Crippen LogP contribution in [0, 0.1) is 19.8 Å². The van der Waals surface area contributed by atoms with Crippen LogP contribution >= 0.6 is 0 Å². The third-order valence-corrected chi connectivity index (χ3v) is 5.09. The maximum atomic E-state index is 12.3. The van der Waals surface area contributed by atoms with E-state index in [-0.39, 0.29) is 11.2 Å². The van der Waals surface area contributed by atoms with Gasteiger partial charge in [-0.25, -0.2) is 9.78 Å².